The zero-order chi connectivity index (χ0) is 15.1. The summed E-state index contributed by atoms with van der Waals surface area (Å²) in [5.41, 5.74) is 2.35. The van der Waals surface area contributed by atoms with E-state index in [1.54, 1.807) is 7.11 Å². The van der Waals surface area contributed by atoms with Gasteiger partial charge in [-0.05, 0) is 44.0 Å². The van der Waals surface area contributed by atoms with Gasteiger partial charge in [0.1, 0.15) is 5.75 Å². The van der Waals surface area contributed by atoms with E-state index in [1.165, 1.54) is 5.56 Å². The number of ether oxygens (including phenoxy) is 3. The molecule has 0 aliphatic carbocycles. The normalized spacial score (nSPS) is 19.7. The van der Waals surface area contributed by atoms with Crippen molar-refractivity contribution in [3.05, 3.63) is 29.3 Å². The third-order valence-electron chi connectivity index (χ3n) is 3.90. The maximum Gasteiger partial charge on any atom is 0.124 e. The summed E-state index contributed by atoms with van der Waals surface area (Å²) in [7, 11) is 1.70. The maximum atomic E-state index is 5.82. The van der Waals surface area contributed by atoms with Crippen LogP contribution in [0.3, 0.4) is 0 Å². The van der Waals surface area contributed by atoms with Crippen LogP contribution in [0, 0.1) is 0 Å². The molecule has 1 fully saturated rings. The molecule has 118 valence electrons. The van der Waals surface area contributed by atoms with Crippen molar-refractivity contribution in [1.82, 2.24) is 5.32 Å². The molecule has 1 aromatic carbocycles. The fraction of sp³-hybridized carbons (Fsp3) is 0.647. The first-order valence-corrected chi connectivity index (χ1v) is 7.84. The Morgan fingerprint density at radius 2 is 2.29 bits per heavy atom. The average Bonchev–Trinajstić information content (AvgIpc) is 3.00. The Labute approximate surface area is 127 Å². The van der Waals surface area contributed by atoms with Crippen molar-refractivity contribution >= 4 is 0 Å². The minimum atomic E-state index is 0.264. The third-order valence-corrected chi connectivity index (χ3v) is 3.90. The first kappa shape index (κ1) is 16.3. The zero-order valence-corrected chi connectivity index (χ0v) is 13.4. The van der Waals surface area contributed by atoms with Crippen LogP contribution in [0.1, 0.15) is 43.9 Å². The second-order valence-electron chi connectivity index (χ2n) is 5.50. The van der Waals surface area contributed by atoms with Crippen molar-refractivity contribution in [1.29, 1.82) is 0 Å². The van der Waals surface area contributed by atoms with E-state index in [1.807, 2.05) is 6.07 Å². The van der Waals surface area contributed by atoms with Crippen LogP contribution in [-0.4, -0.2) is 33.0 Å². The van der Waals surface area contributed by atoms with Gasteiger partial charge in [0, 0.05) is 18.2 Å². The number of nitrogens with one attached hydrogen (secondary N) is 1. The van der Waals surface area contributed by atoms with Crippen LogP contribution < -0.4 is 10.1 Å². The summed E-state index contributed by atoms with van der Waals surface area (Å²) in [5, 5.41) is 3.43. The summed E-state index contributed by atoms with van der Waals surface area (Å²) in [4.78, 5) is 0. The lowest BCUT2D eigenvalue weighted by Crippen LogP contribution is -2.18. The Kier molecular flexibility index (Phi) is 6.49. The quantitative estimate of drug-likeness (QED) is 0.799. The monoisotopic (exact) mass is 293 g/mol. The molecule has 2 rings (SSSR count). The van der Waals surface area contributed by atoms with Gasteiger partial charge in [0.2, 0.25) is 0 Å². The van der Waals surface area contributed by atoms with Crippen LogP contribution in [0.2, 0.25) is 0 Å². The van der Waals surface area contributed by atoms with Crippen molar-refractivity contribution < 1.29 is 14.2 Å². The number of hydrogen-bond acceptors (Lipinski definition) is 4. The van der Waals surface area contributed by atoms with Crippen LogP contribution in [-0.2, 0) is 16.1 Å². The van der Waals surface area contributed by atoms with E-state index in [0.29, 0.717) is 19.3 Å². The third kappa shape index (κ3) is 4.70. The summed E-state index contributed by atoms with van der Waals surface area (Å²) < 4.78 is 16.8. The van der Waals surface area contributed by atoms with E-state index in [9.17, 15) is 0 Å². The molecule has 4 heteroatoms. The molecule has 0 spiro atoms. The van der Waals surface area contributed by atoms with Gasteiger partial charge in [0.15, 0.2) is 0 Å². The Hall–Kier alpha value is -1.10. The first-order chi connectivity index (χ1) is 10.2. The van der Waals surface area contributed by atoms with Crippen LogP contribution in [0.4, 0.5) is 0 Å². The molecule has 21 heavy (non-hydrogen) atoms. The summed E-state index contributed by atoms with van der Waals surface area (Å²) in [6, 6.07) is 6.63. The number of hydrogen-bond donors (Lipinski definition) is 1. The van der Waals surface area contributed by atoms with E-state index < -0.39 is 0 Å². The Balaban J connectivity index is 1.96. The average molecular weight is 293 g/mol. The number of methoxy groups -OCH3 is 1. The van der Waals surface area contributed by atoms with Gasteiger partial charge in [-0.1, -0.05) is 13.0 Å². The highest BCUT2D eigenvalue weighted by Gasteiger charge is 2.16. The molecule has 2 unspecified atom stereocenters. The molecular weight excluding hydrogens is 266 g/mol. The molecule has 1 N–H and O–H groups in total. The van der Waals surface area contributed by atoms with Gasteiger partial charge in [-0.3, -0.25) is 0 Å². The van der Waals surface area contributed by atoms with Crippen molar-refractivity contribution in [2.45, 2.75) is 45.4 Å². The van der Waals surface area contributed by atoms with Gasteiger partial charge >= 0.3 is 0 Å². The first-order valence-electron chi connectivity index (χ1n) is 7.84. The van der Waals surface area contributed by atoms with E-state index in [0.717, 1.165) is 37.3 Å². The molecule has 0 bridgehead atoms. The topological polar surface area (TPSA) is 39.7 Å². The van der Waals surface area contributed by atoms with Gasteiger partial charge in [0.25, 0.3) is 0 Å². The van der Waals surface area contributed by atoms with Crippen molar-refractivity contribution in [2.75, 3.05) is 26.9 Å². The smallest absolute Gasteiger partial charge is 0.124 e. The minimum absolute atomic E-state index is 0.264. The highest BCUT2D eigenvalue weighted by atomic mass is 16.5. The summed E-state index contributed by atoms with van der Waals surface area (Å²) >= 11 is 0. The van der Waals surface area contributed by atoms with E-state index in [-0.39, 0.29) is 6.10 Å². The zero-order valence-electron chi connectivity index (χ0n) is 13.4. The van der Waals surface area contributed by atoms with Crippen molar-refractivity contribution in [3.63, 3.8) is 0 Å². The van der Waals surface area contributed by atoms with Gasteiger partial charge in [-0.2, -0.15) is 0 Å². The highest BCUT2D eigenvalue weighted by Crippen LogP contribution is 2.24. The summed E-state index contributed by atoms with van der Waals surface area (Å²) in [6.07, 6.45) is 2.52. The molecule has 0 radical (unpaired) electrons. The lowest BCUT2D eigenvalue weighted by molar-refractivity contribution is 0.0101. The van der Waals surface area contributed by atoms with Gasteiger partial charge in [0.05, 0.1) is 26.4 Å². The standard InChI is InChI=1S/C17H27NO3/c1-4-18-13(2)14-7-8-17(19-3)15(10-14)11-20-12-16-6-5-9-21-16/h7-8,10,13,16,18H,4-6,9,11-12H2,1-3H3. The molecule has 0 saturated carbocycles. The van der Waals surface area contributed by atoms with Crippen molar-refractivity contribution in [3.8, 4) is 5.75 Å². The summed E-state index contributed by atoms with van der Waals surface area (Å²) in [6.45, 7) is 7.34. The number of rotatable bonds is 8. The van der Waals surface area contributed by atoms with E-state index in [2.05, 4.69) is 31.3 Å². The molecule has 0 amide bonds. The fourth-order valence-corrected chi connectivity index (χ4v) is 2.68. The van der Waals surface area contributed by atoms with Crippen LogP contribution >= 0.6 is 0 Å². The Bertz CT molecular complexity index is 430. The van der Waals surface area contributed by atoms with Crippen LogP contribution in [0.5, 0.6) is 5.75 Å². The molecule has 1 aromatic rings. The van der Waals surface area contributed by atoms with E-state index in [4.69, 9.17) is 14.2 Å². The molecule has 1 saturated heterocycles. The van der Waals surface area contributed by atoms with Crippen LogP contribution in [0.25, 0.3) is 0 Å². The van der Waals surface area contributed by atoms with Crippen LogP contribution in [0.15, 0.2) is 18.2 Å². The predicted octanol–water partition coefficient (Wildman–Crippen LogP) is 3.06. The lowest BCUT2D eigenvalue weighted by atomic mass is 10.0. The summed E-state index contributed by atoms with van der Waals surface area (Å²) in [5.74, 6) is 0.884. The predicted molar refractivity (Wildman–Crippen MR) is 83.7 cm³/mol. The minimum Gasteiger partial charge on any atom is -0.496 e. The molecule has 4 nitrogen and oxygen atoms in total. The van der Waals surface area contributed by atoms with E-state index >= 15 is 0 Å². The maximum absolute atomic E-state index is 5.82. The molecule has 1 aliphatic rings. The number of benzene rings is 1. The SMILES string of the molecule is CCNC(C)c1ccc(OC)c(COCC2CCCO2)c1. The van der Waals surface area contributed by atoms with Gasteiger partial charge in [-0.15, -0.1) is 0 Å². The van der Waals surface area contributed by atoms with Gasteiger partial charge in [-0.25, -0.2) is 0 Å². The Morgan fingerprint density at radius 3 is 2.95 bits per heavy atom. The molecule has 1 aliphatic heterocycles. The second-order valence-corrected chi connectivity index (χ2v) is 5.50. The molecular formula is C17H27NO3. The highest BCUT2D eigenvalue weighted by molar-refractivity contribution is 5.38. The Morgan fingerprint density at radius 1 is 1.43 bits per heavy atom. The molecule has 1 heterocycles. The largest absolute Gasteiger partial charge is 0.496 e. The van der Waals surface area contributed by atoms with Gasteiger partial charge < -0.3 is 19.5 Å². The second kappa shape index (κ2) is 8.37. The lowest BCUT2D eigenvalue weighted by Gasteiger charge is -2.17. The molecule has 2 atom stereocenters. The van der Waals surface area contributed by atoms with Crippen molar-refractivity contribution in [2.24, 2.45) is 0 Å². The molecule has 0 aromatic heterocycles. The fourth-order valence-electron chi connectivity index (χ4n) is 2.68.